The fourth-order valence-corrected chi connectivity index (χ4v) is 3.99. The summed E-state index contributed by atoms with van der Waals surface area (Å²) >= 11 is 0. The number of amides is 1. The molecule has 1 N–H and O–H groups in total. The molecule has 0 aliphatic carbocycles. The van der Waals surface area contributed by atoms with E-state index < -0.39 is 12.1 Å². The fourth-order valence-electron chi connectivity index (χ4n) is 3.99. The van der Waals surface area contributed by atoms with Gasteiger partial charge in [-0.3, -0.25) is 9.78 Å². The highest BCUT2D eigenvalue weighted by Gasteiger charge is 2.44. The van der Waals surface area contributed by atoms with Crippen molar-refractivity contribution in [3.05, 3.63) is 60.2 Å². The maximum atomic E-state index is 13.3. The van der Waals surface area contributed by atoms with Gasteiger partial charge in [-0.15, -0.1) is 0 Å². The Morgan fingerprint density at radius 1 is 1.21 bits per heavy atom. The lowest BCUT2D eigenvalue weighted by atomic mass is 9.91. The Labute approximate surface area is 193 Å². The number of carboxylic acids is 1. The first kappa shape index (κ1) is 25.4. The molecule has 7 nitrogen and oxygen atoms in total. The third-order valence-corrected chi connectivity index (χ3v) is 5.67. The van der Waals surface area contributed by atoms with Crippen molar-refractivity contribution < 1.29 is 41.7 Å². The first-order chi connectivity index (χ1) is 16.1. The molecule has 0 unspecified atom stereocenters. The van der Waals surface area contributed by atoms with Crippen LogP contribution < -0.4 is 4.74 Å². The number of carbonyl (C=O) groups excluding carboxylic acids is 1. The van der Waals surface area contributed by atoms with E-state index in [1.807, 2.05) is 17.0 Å². The summed E-state index contributed by atoms with van der Waals surface area (Å²) in [5, 5.41) is 7.12. The van der Waals surface area contributed by atoms with E-state index in [4.69, 9.17) is 19.4 Å². The topological polar surface area (TPSA) is 89.0 Å². The number of nitrogens with zero attached hydrogens (tertiary/aromatic N) is 2. The summed E-state index contributed by atoms with van der Waals surface area (Å²) in [5.41, 5.74) is 0.708. The molecule has 2 fully saturated rings. The quantitative estimate of drug-likeness (QED) is 0.633. The van der Waals surface area contributed by atoms with Gasteiger partial charge in [0.2, 0.25) is 5.91 Å². The second-order valence-electron chi connectivity index (χ2n) is 8.03. The van der Waals surface area contributed by atoms with Gasteiger partial charge in [0, 0.05) is 25.2 Å². The van der Waals surface area contributed by atoms with E-state index in [0.29, 0.717) is 37.1 Å². The molecule has 1 amide bonds. The number of carboxylic acid groups (broad SMARTS) is 1. The minimum absolute atomic E-state index is 0.0314. The zero-order valence-corrected chi connectivity index (χ0v) is 18.1. The molecule has 184 valence electrons. The molecule has 3 heterocycles. The minimum Gasteiger partial charge on any atom is -0.492 e. The Hall–Kier alpha value is -3.21. The Bertz CT molecular complexity index is 973. The summed E-state index contributed by atoms with van der Waals surface area (Å²) < 4.78 is 56.7. The predicted molar refractivity (Wildman–Crippen MR) is 111 cm³/mol. The number of alkyl halides is 3. The molecule has 2 aliphatic heterocycles. The van der Waals surface area contributed by atoms with Crippen molar-refractivity contribution in [2.24, 2.45) is 11.8 Å². The van der Waals surface area contributed by atoms with E-state index in [2.05, 4.69) is 4.98 Å². The van der Waals surface area contributed by atoms with E-state index in [0.717, 1.165) is 18.8 Å². The number of benzene rings is 1. The highest BCUT2D eigenvalue weighted by Crippen LogP contribution is 2.35. The van der Waals surface area contributed by atoms with Gasteiger partial charge in [-0.1, -0.05) is 12.1 Å². The highest BCUT2D eigenvalue weighted by molar-refractivity contribution is 5.79. The molecule has 11 heteroatoms. The summed E-state index contributed by atoms with van der Waals surface area (Å²) in [6.45, 7) is 2.66. The third kappa shape index (κ3) is 7.14. The van der Waals surface area contributed by atoms with Crippen molar-refractivity contribution in [2.45, 2.75) is 25.1 Å². The van der Waals surface area contributed by atoms with Crippen molar-refractivity contribution in [1.29, 1.82) is 0 Å². The molecule has 0 bridgehead atoms. The van der Waals surface area contributed by atoms with Crippen LogP contribution in [0.5, 0.6) is 5.75 Å². The summed E-state index contributed by atoms with van der Waals surface area (Å²) in [5.74, 6) is -1.53. The average molecular weight is 484 g/mol. The minimum atomic E-state index is -5.08. The molecule has 2 saturated heterocycles. The normalized spacial score (nSPS) is 21.4. The molecule has 0 radical (unpaired) electrons. The molecule has 4 rings (SSSR count). The van der Waals surface area contributed by atoms with Crippen LogP contribution in [-0.2, 0) is 20.7 Å². The molecular weight excluding hydrogens is 460 g/mol. The molecule has 3 atom stereocenters. The maximum Gasteiger partial charge on any atom is 0.490 e. The van der Waals surface area contributed by atoms with E-state index in [9.17, 15) is 22.4 Å². The third-order valence-electron chi connectivity index (χ3n) is 5.67. The molecular formula is C23H24F4N2O5. The number of hydrogen-bond donors (Lipinski definition) is 1. The summed E-state index contributed by atoms with van der Waals surface area (Å²) in [6.07, 6.45) is -0.439. The highest BCUT2D eigenvalue weighted by atomic mass is 19.4. The van der Waals surface area contributed by atoms with Gasteiger partial charge in [0.25, 0.3) is 0 Å². The standard InChI is InChI=1S/C21H23FN2O3.C2HF3O2/c22-17-4-1-3-15(9-17)10-21(25)24-12-19-16(14-27-20(19)13-24)6-8-26-18-5-2-7-23-11-18;3-2(4,5)1(6)7/h1-5,7,9,11,16,19-20H,6,8,10,12-14H2;(H,6,7)/t16-,19-,20-;/m0./s1. The van der Waals surface area contributed by atoms with Crippen molar-refractivity contribution in [3.63, 3.8) is 0 Å². The second-order valence-corrected chi connectivity index (χ2v) is 8.03. The summed E-state index contributed by atoms with van der Waals surface area (Å²) in [7, 11) is 0. The Kier molecular flexibility index (Phi) is 8.43. The van der Waals surface area contributed by atoms with Gasteiger partial charge in [0.15, 0.2) is 0 Å². The number of hydrogen-bond acceptors (Lipinski definition) is 5. The second kappa shape index (κ2) is 11.3. The summed E-state index contributed by atoms with van der Waals surface area (Å²) in [4.78, 5) is 27.4. The van der Waals surface area contributed by atoms with Crippen molar-refractivity contribution >= 4 is 11.9 Å². The number of halogens is 4. The van der Waals surface area contributed by atoms with Gasteiger partial charge >= 0.3 is 12.1 Å². The molecule has 1 aromatic heterocycles. The Morgan fingerprint density at radius 2 is 1.97 bits per heavy atom. The van der Waals surface area contributed by atoms with Crippen LogP contribution in [0, 0.1) is 17.7 Å². The van der Waals surface area contributed by atoms with Crippen LogP contribution in [0.15, 0.2) is 48.8 Å². The number of pyridine rings is 1. The van der Waals surface area contributed by atoms with Gasteiger partial charge in [-0.25, -0.2) is 9.18 Å². The molecule has 2 aromatic rings. The van der Waals surface area contributed by atoms with Crippen LogP contribution in [0.1, 0.15) is 12.0 Å². The fraction of sp³-hybridized carbons (Fsp3) is 0.435. The number of aromatic nitrogens is 1. The van der Waals surface area contributed by atoms with Crippen LogP contribution in [0.4, 0.5) is 17.6 Å². The average Bonchev–Trinajstić information content (AvgIpc) is 3.36. The van der Waals surface area contributed by atoms with Crippen molar-refractivity contribution in [1.82, 2.24) is 9.88 Å². The number of carbonyl (C=O) groups is 2. The zero-order valence-electron chi connectivity index (χ0n) is 18.1. The molecule has 0 saturated carbocycles. The van der Waals surface area contributed by atoms with Gasteiger partial charge in [0.05, 0.1) is 31.9 Å². The van der Waals surface area contributed by atoms with Crippen LogP contribution in [0.2, 0.25) is 0 Å². The first-order valence-corrected chi connectivity index (χ1v) is 10.6. The number of likely N-dealkylation sites (tertiary alicyclic amines) is 1. The predicted octanol–water partition coefficient (Wildman–Crippen LogP) is 3.34. The van der Waals surface area contributed by atoms with E-state index >= 15 is 0 Å². The lowest BCUT2D eigenvalue weighted by molar-refractivity contribution is -0.192. The monoisotopic (exact) mass is 484 g/mol. The van der Waals surface area contributed by atoms with Crippen LogP contribution in [0.3, 0.4) is 0 Å². The SMILES string of the molecule is O=C(Cc1cccc(F)c1)N1C[C@H]2[C@@H](CCOc3cccnc3)CO[C@H]2C1.O=C(O)C(F)(F)F. The van der Waals surface area contributed by atoms with Gasteiger partial charge in [-0.2, -0.15) is 13.2 Å². The first-order valence-electron chi connectivity index (χ1n) is 10.6. The summed E-state index contributed by atoms with van der Waals surface area (Å²) in [6, 6.07) is 9.97. The number of rotatable bonds is 6. The zero-order chi connectivity index (χ0) is 24.7. The van der Waals surface area contributed by atoms with E-state index in [1.165, 1.54) is 12.1 Å². The van der Waals surface area contributed by atoms with E-state index in [-0.39, 0.29) is 24.2 Å². The van der Waals surface area contributed by atoms with Crippen LogP contribution in [-0.4, -0.2) is 65.5 Å². The molecule has 2 aliphatic rings. The molecule has 1 aromatic carbocycles. The maximum absolute atomic E-state index is 13.3. The molecule has 0 spiro atoms. The Morgan fingerprint density at radius 3 is 2.62 bits per heavy atom. The van der Waals surface area contributed by atoms with Crippen LogP contribution >= 0.6 is 0 Å². The van der Waals surface area contributed by atoms with E-state index in [1.54, 1.807) is 24.5 Å². The largest absolute Gasteiger partial charge is 0.492 e. The smallest absolute Gasteiger partial charge is 0.490 e. The number of fused-ring (bicyclic) bond motifs is 1. The van der Waals surface area contributed by atoms with Crippen molar-refractivity contribution in [3.8, 4) is 5.75 Å². The number of aliphatic carboxylic acids is 1. The van der Waals surface area contributed by atoms with Gasteiger partial charge < -0.3 is 19.5 Å². The lowest BCUT2D eigenvalue weighted by Crippen LogP contribution is -2.32. The van der Waals surface area contributed by atoms with Gasteiger partial charge in [0.1, 0.15) is 11.6 Å². The lowest BCUT2D eigenvalue weighted by Gasteiger charge is -2.20. The van der Waals surface area contributed by atoms with Crippen molar-refractivity contribution in [2.75, 3.05) is 26.3 Å². The van der Waals surface area contributed by atoms with Gasteiger partial charge in [-0.05, 0) is 42.2 Å². The van der Waals surface area contributed by atoms with Crippen LogP contribution in [0.25, 0.3) is 0 Å². The molecule has 34 heavy (non-hydrogen) atoms. The number of ether oxygens (including phenoxy) is 2. The Balaban J connectivity index is 0.000000406.